The molecular weight excluding hydrogens is 472 g/mol. The number of aromatic nitrogens is 3. The molecule has 1 aliphatic rings. The van der Waals surface area contributed by atoms with Gasteiger partial charge in [0.2, 0.25) is 0 Å². The van der Waals surface area contributed by atoms with E-state index in [-0.39, 0.29) is 29.5 Å². The Labute approximate surface area is 211 Å². The summed E-state index contributed by atoms with van der Waals surface area (Å²) in [6.45, 7) is 5.90. The topological polar surface area (TPSA) is 94.0 Å². The number of carbonyl (C=O) groups excluding carboxylic acids is 1. The van der Waals surface area contributed by atoms with E-state index in [1.807, 2.05) is 62.4 Å². The third kappa shape index (κ3) is 4.65. The first-order valence-electron chi connectivity index (χ1n) is 12.3. The van der Waals surface area contributed by atoms with Crippen LogP contribution in [0.5, 0.6) is 0 Å². The van der Waals surface area contributed by atoms with Crippen molar-refractivity contribution < 1.29 is 13.2 Å². The van der Waals surface area contributed by atoms with E-state index in [1.54, 1.807) is 4.68 Å². The van der Waals surface area contributed by atoms with Crippen LogP contribution in [-0.2, 0) is 16.3 Å². The molecule has 1 N–H and O–H groups in total. The number of nitrogens with zero attached hydrogens (tertiary/aromatic N) is 3. The molecule has 1 saturated heterocycles. The van der Waals surface area contributed by atoms with Crippen LogP contribution in [0, 0.1) is 6.92 Å². The predicted octanol–water partition coefficient (Wildman–Crippen LogP) is 4.82. The smallest absolute Gasteiger partial charge is 0.252 e. The molecule has 0 radical (unpaired) electrons. The molecule has 1 fully saturated rings. The molecule has 0 aliphatic carbocycles. The molecule has 5 rings (SSSR count). The van der Waals surface area contributed by atoms with Crippen molar-refractivity contribution in [1.82, 2.24) is 20.1 Å². The molecule has 2 aromatic heterocycles. The lowest BCUT2D eigenvalue weighted by Gasteiger charge is -2.16. The molecule has 0 bridgehead atoms. The van der Waals surface area contributed by atoms with Crippen LogP contribution in [0.1, 0.15) is 59.5 Å². The van der Waals surface area contributed by atoms with E-state index in [0.29, 0.717) is 34.4 Å². The maximum absolute atomic E-state index is 13.6. The largest absolute Gasteiger partial charge is 0.345 e. The number of fused-ring (bicyclic) bond motifs is 1. The number of sulfone groups is 1. The van der Waals surface area contributed by atoms with Crippen LogP contribution in [0.2, 0.25) is 0 Å². The van der Waals surface area contributed by atoms with E-state index >= 15 is 0 Å². The van der Waals surface area contributed by atoms with Gasteiger partial charge in [0.25, 0.3) is 5.91 Å². The van der Waals surface area contributed by atoms with Crippen molar-refractivity contribution in [3.63, 3.8) is 0 Å². The Kier molecular flexibility index (Phi) is 6.38. The molecule has 7 nitrogen and oxygen atoms in total. The summed E-state index contributed by atoms with van der Waals surface area (Å²) in [5, 5.41) is 8.47. The van der Waals surface area contributed by atoms with Crippen molar-refractivity contribution in [3.8, 4) is 11.3 Å². The average molecular weight is 503 g/mol. The molecule has 3 heterocycles. The highest BCUT2D eigenvalue weighted by molar-refractivity contribution is 7.91. The lowest BCUT2D eigenvalue weighted by Crippen LogP contribution is -2.27. The number of rotatable bonds is 6. The normalized spacial score (nSPS) is 17.8. The maximum Gasteiger partial charge on any atom is 0.252 e. The predicted molar refractivity (Wildman–Crippen MR) is 142 cm³/mol. The number of hydrogen-bond donors (Lipinski definition) is 1. The second kappa shape index (κ2) is 9.50. The first-order chi connectivity index (χ1) is 17.3. The minimum absolute atomic E-state index is 0.0346. The van der Waals surface area contributed by atoms with Gasteiger partial charge in [-0.3, -0.25) is 4.79 Å². The summed E-state index contributed by atoms with van der Waals surface area (Å²) < 4.78 is 26.1. The number of pyridine rings is 1. The molecule has 186 valence electrons. The van der Waals surface area contributed by atoms with Crippen LogP contribution in [0.15, 0.2) is 60.7 Å². The Morgan fingerprint density at radius 3 is 2.50 bits per heavy atom. The fourth-order valence-corrected chi connectivity index (χ4v) is 6.57. The van der Waals surface area contributed by atoms with Gasteiger partial charge in [0.1, 0.15) is 0 Å². The number of amides is 1. The number of aryl methyl sites for hydroxylation is 2. The Bertz CT molecular complexity index is 1530. The van der Waals surface area contributed by atoms with Crippen LogP contribution in [-0.4, -0.2) is 40.6 Å². The molecular formula is C28H30N4O3S. The molecule has 2 aromatic carbocycles. The number of hydrogen-bond acceptors (Lipinski definition) is 5. The Morgan fingerprint density at radius 1 is 1.14 bits per heavy atom. The fraction of sp³-hybridized carbons (Fsp3) is 0.321. The molecule has 1 amide bonds. The molecule has 2 unspecified atom stereocenters. The molecule has 1 aliphatic heterocycles. The Morgan fingerprint density at radius 2 is 1.86 bits per heavy atom. The first-order valence-corrected chi connectivity index (χ1v) is 14.1. The summed E-state index contributed by atoms with van der Waals surface area (Å²) in [4.78, 5) is 18.6. The molecule has 4 aromatic rings. The zero-order valence-electron chi connectivity index (χ0n) is 20.7. The van der Waals surface area contributed by atoms with Crippen molar-refractivity contribution >= 4 is 26.8 Å². The molecule has 8 heteroatoms. The van der Waals surface area contributed by atoms with Crippen molar-refractivity contribution in [2.45, 2.75) is 45.7 Å². The van der Waals surface area contributed by atoms with E-state index in [1.165, 1.54) is 5.56 Å². The lowest BCUT2D eigenvalue weighted by molar-refractivity contribution is 0.0941. The summed E-state index contributed by atoms with van der Waals surface area (Å²) in [7, 11) is -3.11. The number of benzene rings is 2. The summed E-state index contributed by atoms with van der Waals surface area (Å²) >= 11 is 0. The third-order valence-electron chi connectivity index (χ3n) is 6.94. The van der Waals surface area contributed by atoms with Crippen molar-refractivity contribution in [2.75, 3.05) is 11.5 Å². The highest BCUT2D eigenvalue weighted by atomic mass is 32.2. The van der Waals surface area contributed by atoms with Gasteiger partial charge < -0.3 is 5.32 Å². The van der Waals surface area contributed by atoms with E-state index in [9.17, 15) is 13.2 Å². The summed E-state index contributed by atoms with van der Waals surface area (Å²) in [6, 6.07) is 19.3. The molecule has 0 spiro atoms. The van der Waals surface area contributed by atoms with Gasteiger partial charge in [0.05, 0.1) is 45.9 Å². The second-order valence-electron chi connectivity index (χ2n) is 9.50. The highest BCUT2D eigenvalue weighted by Gasteiger charge is 2.32. The highest BCUT2D eigenvalue weighted by Crippen LogP contribution is 2.32. The van der Waals surface area contributed by atoms with Crippen LogP contribution in [0.4, 0.5) is 0 Å². The van der Waals surface area contributed by atoms with E-state index in [4.69, 9.17) is 4.98 Å². The molecule has 0 saturated carbocycles. The number of carbonyl (C=O) groups is 1. The Balaban J connectivity index is 1.63. The van der Waals surface area contributed by atoms with Gasteiger partial charge in [-0.2, -0.15) is 5.10 Å². The van der Waals surface area contributed by atoms with Crippen LogP contribution < -0.4 is 5.32 Å². The van der Waals surface area contributed by atoms with Gasteiger partial charge in [-0.1, -0.05) is 61.5 Å². The zero-order valence-corrected chi connectivity index (χ0v) is 21.5. The maximum atomic E-state index is 13.6. The fourth-order valence-electron chi connectivity index (χ4n) is 4.87. The zero-order chi connectivity index (χ0) is 25.4. The van der Waals surface area contributed by atoms with Crippen LogP contribution >= 0.6 is 0 Å². The van der Waals surface area contributed by atoms with Gasteiger partial charge in [-0.15, -0.1) is 0 Å². The van der Waals surface area contributed by atoms with Crippen molar-refractivity contribution in [3.05, 3.63) is 83.0 Å². The van der Waals surface area contributed by atoms with Crippen LogP contribution in [0.25, 0.3) is 22.3 Å². The van der Waals surface area contributed by atoms with Gasteiger partial charge in [0, 0.05) is 5.56 Å². The summed E-state index contributed by atoms with van der Waals surface area (Å²) in [5.41, 5.74) is 5.47. The van der Waals surface area contributed by atoms with E-state index in [0.717, 1.165) is 17.5 Å². The third-order valence-corrected chi connectivity index (χ3v) is 8.69. The van der Waals surface area contributed by atoms with Gasteiger partial charge in [-0.25, -0.2) is 18.1 Å². The van der Waals surface area contributed by atoms with E-state index in [2.05, 4.69) is 29.5 Å². The Hall–Kier alpha value is -3.52. The minimum atomic E-state index is -3.11. The minimum Gasteiger partial charge on any atom is -0.345 e. The monoisotopic (exact) mass is 502 g/mol. The van der Waals surface area contributed by atoms with Crippen LogP contribution in [0.3, 0.4) is 0 Å². The number of nitrogens with one attached hydrogen (secondary N) is 1. The second-order valence-corrected chi connectivity index (χ2v) is 11.7. The SMILES string of the molecule is CCc1ccc(-c2cc(C(=O)NC(C)c3ccccc3)c3c(C)nn(C4CCS(=O)(=O)C4)c3n2)cc1. The first kappa shape index (κ1) is 24.2. The van der Waals surface area contributed by atoms with Crippen molar-refractivity contribution in [1.29, 1.82) is 0 Å². The molecule has 36 heavy (non-hydrogen) atoms. The molecule has 2 atom stereocenters. The van der Waals surface area contributed by atoms with Crippen molar-refractivity contribution in [2.24, 2.45) is 0 Å². The van der Waals surface area contributed by atoms with Gasteiger partial charge in [-0.05, 0) is 43.9 Å². The summed E-state index contributed by atoms with van der Waals surface area (Å²) in [6.07, 6.45) is 1.42. The standard InChI is InChI=1S/C28H30N4O3S/c1-4-20-10-12-22(13-11-20)25-16-24(28(33)29-18(2)21-8-6-5-7-9-21)26-19(3)31-32(27(26)30-25)23-14-15-36(34,35)17-23/h5-13,16,18,23H,4,14-15,17H2,1-3H3,(H,29,33). The van der Waals surface area contributed by atoms with Gasteiger partial charge in [0.15, 0.2) is 15.5 Å². The summed E-state index contributed by atoms with van der Waals surface area (Å²) in [5.74, 6) is -0.0442. The average Bonchev–Trinajstić information content (AvgIpc) is 3.42. The van der Waals surface area contributed by atoms with E-state index < -0.39 is 9.84 Å². The van der Waals surface area contributed by atoms with Gasteiger partial charge >= 0.3 is 0 Å². The lowest BCUT2D eigenvalue weighted by atomic mass is 10.0. The quantitative estimate of drug-likeness (QED) is 0.408.